The minimum atomic E-state index is -0.812. The average molecular weight is 423 g/mol. The smallest absolute Gasteiger partial charge is 0.464 e. The van der Waals surface area contributed by atoms with E-state index in [1.165, 1.54) is 6.33 Å². The lowest BCUT2D eigenvalue weighted by Gasteiger charge is -2.23. The van der Waals surface area contributed by atoms with Crippen molar-refractivity contribution in [1.29, 1.82) is 0 Å². The van der Waals surface area contributed by atoms with Crippen molar-refractivity contribution in [3.8, 4) is 0 Å². The fourth-order valence-electron chi connectivity index (χ4n) is 2.77. The van der Waals surface area contributed by atoms with Crippen LogP contribution in [0.5, 0.6) is 0 Å². The zero-order chi connectivity index (χ0) is 22.3. The number of allylic oxidation sites excluding steroid dienone is 3. The lowest BCUT2D eigenvalue weighted by Crippen LogP contribution is -2.48. The van der Waals surface area contributed by atoms with Gasteiger partial charge < -0.3 is 14.8 Å². The molecule has 0 spiro atoms. The molecule has 0 saturated heterocycles. The van der Waals surface area contributed by atoms with Crippen molar-refractivity contribution in [2.75, 3.05) is 26.0 Å². The first kappa shape index (κ1) is 22.1. The predicted molar refractivity (Wildman–Crippen MR) is 116 cm³/mol. The Balaban J connectivity index is 1.82. The van der Waals surface area contributed by atoms with E-state index in [1.54, 1.807) is 39.2 Å². The monoisotopic (exact) mass is 423 g/mol. The molecule has 1 aromatic heterocycles. The number of hydrogen-bond donors (Lipinski definition) is 1. The highest BCUT2D eigenvalue weighted by atomic mass is 16.6. The zero-order valence-corrected chi connectivity index (χ0v) is 17.7. The number of anilines is 1. The number of ether oxygens (including phenoxy) is 2. The van der Waals surface area contributed by atoms with Crippen molar-refractivity contribution in [2.45, 2.75) is 19.4 Å². The summed E-state index contributed by atoms with van der Waals surface area (Å²) in [6, 6.07) is 8.29. The van der Waals surface area contributed by atoms with Crippen LogP contribution in [0.1, 0.15) is 24.9 Å². The van der Waals surface area contributed by atoms with Crippen LogP contribution in [0.4, 0.5) is 16.7 Å². The number of nitrogens with zero attached hydrogens (tertiary/aromatic N) is 4. The second-order valence-electron chi connectivity index (χ2n) is 7.11. The largest absolute Gasteiger partial charge is 0.528 e. The highest BCUT2D eigenvalue weighted by molar-refractivity contribution is 5.81. The third-order valence-electron chi connectivity index (χ3n) is 4.50. The molecule has 1 aliphatic rings. The molecular formula is C22H25N5O4+. The zero-order valence-electron chi connectivity index (χ0n) is 17.7. The second-order valence-corrected chi connectivity index (χ2v) is 7.11. The Bertz CT molecular complexity index is 988. The fraction of sp³-hybridized carbons (Fsp3) is 0.273. The van der Waals surface area contributed by atoms with Crippen LogP contribution in [-0.4, -0.2) is 47.7 Å². The molecule has 0 saturated carbocycles. The van der Waals surface area contributed by atoms with Crippen LogP contribution < -0.4 is 9.80 Å². The van der Waals surface area contributed by atoms with Crippen LogP contribution in [0, 0.1) is 6.42 Å². The Labute approximate surface area is 181 Å². The summed E-state index contributed by atoms with van der Waals surface area (Å²) in [5.74, 6) is 0.302. The van der Waals surface area contributed by atoms with Gasteiger partial charge in [-0.1, -0.05) is 36.4 Å². The van der Waals surface area contributed by atoms with Gasteiger partial charge in [0.25, 0.3) is 0 Å². The van der Waals surface area contributed by atoms with E-state index in [0.717, 1.165) is 0 Å². The minimum Gasteiger partial charge on any atom is -0.464 e. The quantitative estimate of drug-likeness (QED) is 0.534. The number of hydrogen-bond acceptors (Lipinski definition) is 8. The number of benzene rings is 1. The van der Waals surface area contributed by atoms with Gasteiger partial charge in [0.2, 0.25) is 5.95 Å². The van der Waals surface area contributed by atoms with Gasteiger partial charge in [-0.2, -0.15) is 14.3 Å². The van der Waals surface area contributed by atoms with E-state index in [1.807, 2.05) is 36.8 Å². The first-order chi connectivity index (χ1) is 14.9. The molecule has 0 bridgehead atoms. The van der Waals surface area contributed by atoms with Crippen molar-refractivity contribution >= 4 is 24.0 Å². The Morgan fingerprint density at radius 2 is 1.97 bits per heavy atom. The summed E-state index contributed by atoms with van der Waals surface area (Å²) < 4.78 is 10.3. The summed E-state index contributed by atoms with van der Waals surface area (Å²) in [6.07, 6.45) is 8.72. The van der Waals surface area contributed by atoms with E-state index in [-0.39, 0.29) is 23.0 Å². The molecule has 9 heteroatoms. The molecule has 1 heterocycles. The summed E-state index contributed by atoms with van der Waals surface area (Å²) in [4.78, 5) is 37.9. The summed E-state index contributed by atoms with van der Waals surface area (Å²) in [5, 5.41) is 2.99. The highest BCUT2D eigenvalue weighted by Gasteiger charge is 2.36. The molecule has 1 amide bonds. The summed E-state index contributed by atoms with van der Waals surface area (Å²) in [6.45, 7) is 1.98. The number of rotatable bonds is 7. The molecule has 0 fully saturated rings. The Morgan fingerprint density at radius 1 is 1.19 bits per heavy atom. The molecule has 1 aromatic carbocycles. The van der Waals surface area contributed by atoms with Gasteiger partial charge in [-0.05, 0) is 37.5 Å². The molecule has 1 atom stereocenters. The average Bonchev–Trinajstić information content (AvgIpc) is 2.79. The molecular weight excluding hydrogens is 398 g/mol. The third kappa shape index (κ3) is 5.52. The lowest BCUT2D eigenvalue weighted by molar-refractivity contribution is -0.144. The van der Waals surface area contributed by atoms with Gasteiger partial charge in [0.1, 0.15) is 12.1 Å². The maximum Gasteiger partial charge on any atom is 0.528 e. The number of amides is 1. The SMILES string of the molecule is CCOC(=O)C(Nc1ncnc([N+](C)(C)C(=O)OC2=CC[CH]C=C2)n1)c1ccccc1. The van der Waals surface area contributed by atoms with Gasteiger partial charge >= 0.3 is 18.0 Å². The van der Waals surface area contributed by atoms with Crippen LogP contribution >= 0.6 is 0 Å². The van der Waals surface area contributed by atoms with Crippen LogP contribution in [0.3, 0.4) is 0 Å². The van der Waals surface area contributed by atoms with E-state index in [2.05, 4.69) is 20.3 Å². The summed E-state index contributed by atoms with van der Waals surface area (Å²) in [5.41, 5.74) is 0.698. The van der Waals surface area contributed by atoms with Crippen LogP contribution in [-0.2, 0) is 14.3 Å². The van der Waals surface area contributed by atoms with Crippen LogP contribution in [0.2, 0.25) is 0 Å². The van der Waals surface area contributed by atoms with Crippen molar-refractivity contribution in [3.63, 3.8) is 0 Å². The van der Waals surface area contributed by atoms with Crippen LogP contribution in [0.15, 0.2) is 60.6 Å². The first-order valence-corrected chi connectivity index (χ1v) is 9.86. The number of nitrogens with one attached hydrogen (secondary N) is 1. The number of esters is 1. The molecule has 0 aliphatic heterocycles. The Kier molecular flexibility index (Phi) is 7.09. The normalized spacial score (nSPS) is 14.4. The van der Waals surface area contributed by atoms with Gasteiger partial charge in [-0.25, -0.2) is 9.78 Å². The van der Waals surface area contributed by atoms with Gasteiger partial charge in [0.05, 0.1) is 20.7 Å². The molecule has 1 N–H and O–H groups in total. The van der Waals surface area contributed by atoms with E-state index in [9.17, 15) is 9.59 Å². The molecule has 161 valence electrons. The molecule has 1 aliphatic carbocycles. The lowest BCUT2D eigenvalue weighted by atomic mass is 10.1. The van der Waals surface area contributed by atoms with E-state index >= 15 is 0 Å². The second kappa shape index (κ2) is 9.94. The summed E-state index contributed by atoms with van der Waals surface area (Å²) in [7, 11) is 3.22. The van der Waals surface area contributed by atoms with Crippen molar-refractivity contribution in [2.24, 2.45) is 0 Å². The van der Waals surface area contributed by atoms with Crippen molar-refractivity contribution in [3.05, 3.63) is 72.6 Å². The molecule has 3 rings (SSSR count). The Morgan fingerprint density at radius 3 is 2.65 bits per heavy atom. The maximum atomic E-state index is 12.8. The highest BCUT2D eigenvalue weighted by Crippen LogP contribution is 2.22. The maximum absolute atomic E-state index is 12.8. The van der Waals surface area contributed by atoms with E-state index in [0.29, 0.717) is 17.7 Å². The van der Waals surface area contributed by atoms with Gasteiger partial charge in [-0.15, -0.1) is 4.98 Å². The topological polar surface area (TPSA) is 103 Å². The molecule has 31 heavy (non-hydrogen) atoms. The van der Waals surface area contributed by atoms with Gasteiger partial charge in [0.15, 0.2) is 6.04 Å². The fourth-order valence-corrected chi connectivity index (χ4v) is 2.77. The summed E-state index contributed by atoms with van der Waals surface area (Å²) >= 11 is 0. The van der Waals surface area contributed by atoms with Crippen molar-refractivity contribution in [1.82, 2.24) is 19.4 Å². The molecule has 2 aromatic rings. The number of aromatic nitrogens is 3. The molecule has 1 radical (unpaired) electrons. The standard InChI is InChI=1S/C22H25N5O4/c1-4-30-19(28)18(16-11-7-5-8-12-16)25-20-23-15-24-21(26-20)27(2,3)22(29)31-17-13-9-6-10-14-17/h5-9,11-15,18H,4,10H2,1-3H3,(H,23,24,25,26)/q+1. The van der Waals surface area contributed by atoms with Gasteiger partial charge in [0, 0.05) is 0 Å². The first-order valence-electron chi connectivity index (χ1n) is 9.86. The number of quaternary nitrogens is 1. The molecule has 1 unspecified atom stereocenters. The third-order valence-corrected chi connectivity index (χ3v) is 4.50. The predicted octanol–water partition coefficient (Wildman–Crippen LogP) is 3.34. The number of carbonyl (C=O) groups is 2. The Hall–Kier alpha value is -3.59. The van der Waals surface area contributed by atoms with Gasteiger partial charge in [-0.3, -0.25) is 0 Å². The van der Waals surface area contributed by atoms with E-state index in [4.69, 9.17) is 9.47 Å². The molecule has 9 nitrogen and oxygen atoms in total. The minimum absolute atomic E-state index is 0.136. The number of carbonyl (C=O) groups excluding carboxylic acids is 2. The van der Waals surface area contributed by atoms with E-state index < -0.39 is 18.1 Å². The van der Waals surface area contributed by atoms with Crippen molar-refractivity contribution < 1.29 is 19.1 Å². The van der Waals surface area contributed by atoms with Crippen LogP contribution in [0.25, 0.3) is 0 Å².